The zero-order chi connectivity index (χ0) is 17.1. The fraction of sp³-hybridized carbons (Fsp3) is 0.444. The van der Waals surface area contributed by atoms with Crippen molar-refractivity contribution in [2.45, 2.75) is 31.0 Å². The molecule has 0 radical (unpaired) electrons. The number of carbonyl (C=O) groups is 1. The summed E-state index contributed by atoms with van der Waals surface area (Å²) in [4.78, 5) is 26.7. The summed E-state index contributed by atoms with van der Waals surface area (Å²) in [5, 5.41) is 0. The van der Waals surface area contributed by atoms with Gasteiger partial charge < -0.3 is 14.4 Å². The molecule has 2 fully saturated rings. The smallest absolute Gasteiger partial charge is 0.316 e. The maximum absolute atomic E-state index is 12.7. The number of piperidine rings is 1. The summed E-state index contributed by atoms with van der Waals surface area (Å²) in [5.74, 6) is 0.0286. The van der Waals surface area contributed by atoms with E-state index in [4.69, 9.17) is 9.47 Å². The van der Waals surface area contributed by atoms with Crippen molar-refractivity contribution in [3.8, 4) is 6.01 Å². The average Bonchev–Trinajstić information content (AvgIpc) is 3.04. The molecule has 1 spiro atoms. The largest absolute Gasteiger partial charge is 0.458 e. The van der Waals surface area contributed by atoms with Gasteiger partial charge in [0.1, 0.15) is 6.10 Å². The fourth-order valence-corrected chi connectivity index (χ4v) is 3.61. The van der Waals surface area contributed by atoms with E-state index in [-0.39, 0.29) is 17.6 Å². The van der Waals surface area contributed by atoms with Crippen LogP contribution in [-0.4, -0.2) is 57.2 Å². The van der Waals surface area contributed by atoms with Crippen molar-refractivity contribution in [2.75, 3.05) is 19.7 Å². The topological polar surface area (TPSA) is 77.4 Å². The summed E-state index contributed by atoms with van der Waals surface area (Å²) in [5.41, 5.74) is 0.330. The molecule has 2 aromatic rings. The summed E-state index contributed by atoms with van der Waals surface area (Å²) in [7, 11) is 0. The minimum absolute atomic E-state index is 0.0286. The summed E-state index contributed by atoms with van der Waals surface area (Å²) in [6.45, 7) is 1.83. The number of amides is 1. The number of hydrogen-bond acceptors (Lipinski definition) is 6. The van der Waals surface area contributed by atoms with E-state index in [0.29, 0.717) is 24.7 Å². The number of nitrogens with zero attached hydrogens (tertiary/aromatic N) is 4. The third-order valence-corrected chi connectivity index (χ3v) is 4.74. The number of ether oxygens (including phenoxy) is 2. The molecule has 0 aromatic carbocycles. The molecule has 0 bridgehead atoms. The molecule has 130 valence electrons. The van der Waals surface area contributed by atoms with Gasteiger partial charge in [-0.15, -0.1) is 0 Å². The Kier molecular flexibility index (Phi) is 4.31. The van der Waals surface area contributed by atoms with Crippen molar-refractivity contribution in [3.63, 3.8) is 0 Å². The van der Waals surface area contributed by atoms with E-state index in [0.717, 1.165) is 25.8 Å². The first-order valence-electron chi connectivity index (χ1n) is 8.51. The van der Waals surface area contributed by atoms with Crippen LogP contribution in [-0.2, 0) is 4.74 Å². The molecule has 7 nitrogen and oxygen atoms in total. The number of aromatic nitrogens is 3. The van der Waals surface area contributed by atoms with Crippen LogP contribution in [0.15, 0.2) is 43.0 Å². The van der Waals surface area contributed by atoms with Crippen molar-refractivity contribution < 1.29 is 14.3 Å². The molecule has 0 N–H and O–H groups in total. The quantitative estimate of drug-likeness (QED) is 0.847. The predicted octanol–water partition coefficient (Wildman–Crippen LogP) is 1.71. The van der Waals surface area contributed by atoms with Crippen LogP contribution in [0.2, 0.25) is 0 Å². The van der Waals surface area contributed by atoms with Crippen LogP contribution in [0.5, 0.6) is 6.01 Å². The second-order valence-corrected chi connectivity index (χ2v) is 6.54. The summed E-state index contributed by atoms with van der Waals surface area (Å²) in [6.07, 6.45) is 9.11. The van der Waals surface area contributed by atoms with E-state index in [2.05, 4.69) is 15.0 Å². The van der Waals surface area contributed by atoms with Crippen molar-refractivity contribution in [1.82, 2.24) is 19.9 Å². The molecule has 2 saturated heterocycles. The molecule has 2 aromatic heterocycles. The SMILES string of the molecule is O=C(c1ccncc1)N1CCCC2(CC(Oc3ncccn3)CO2)C1. The Morgan fingerprint density at radius 2 is 2.04 bits per heavy atom. The molecule has 2 aliphatic rings. The molecule has 2 unspecified atom stereocenters. The third-order valence-electron chi connectivity index (χ3n) is 4.74. The lowest BCUT2D eigenvalue weighted by atomic mass is 9.89. The standard InChI is InChI=1S/C18H20N4O3/c23-16(14-3-8-19-9-4-14)22-10-1-5-18(13-22)11-15(12-24-18)25-17-20-6-2-7-21-17/h2-4,6-9,15H,1,5,10-13H2. The lowest BCUT2D eigenvalue weighted by molar-refractivity contribution is -0.0453. The molecule has 0 saturated carbocycles. The summed E-state index contributed by atoms with van der Waals surface area (Å²) in [6, 6.07) is 5.62. The monoisotopic (exact) mass is 340 g/mol. The van der Waals surface area contributed by atoms with Gasteiger partial charge in [-0.1, -0.05) is 0 Å². The van der Waals surface area contributed by atoms with Crippen molar-refractivity contribution in [1.29, 1.82) is 0 Å². The Labute approximate surface area is 146 Å². The molecule has 2 atom stereocenters. The maximum atomic E-state index is 12.7. The van der Waals surface area contributed by atoms with Gasteiger partial charge >= 0.3 is 6.01 Å². The van der Waals surface area contributed by atoms with Gasteiger partial charge in [0.05, 0.1) is 18.8 Å². The summed E-state index contributed by atoms with van der Waals surface area (Å²) >= 11 is 0. The molecular weight excluding hydrogens is 320 g/mol. The summed E-state index contributed by atoms with van der Waals surface area (Å²) < 4.78 is 11.9. The predicted molar refractivity (Wildman–Crippen MR) is 89.1 cm³/mol. The minimum Gasteiger partial charge on any atom is -0.458 e. The van der Waals surface area contributed by atoms with Crippen LogP contribution in [0, 0.1) is 0 Å². The second kappa shape index (κ2) is 6.76. The number of rotatable bonds is 3. The molecule has 25 heavy (non-hydrogen) atoms. The van der Waals surface area contributed by atoms with Crippen LogP contribution in [0.4, 0.5) is 0 Å². The zero-order valence-electron chi connectivity index (χ0n) is 13.9. The highest BCUT2D eigenvalue weighted by Crippen LogP contribution is 2.36. The Balaban J connectivity index is 1.42. The second-order valence-electron chi connectivity index (χ2n) is 6.54. The number of carbonyl (C=O) groups excluding carboxylic acids is 1. The van der Waals surface area contributed by atoms with Crippen molar-refractivity contribution >= 4 is 5.91 Å². The highest BCUT2D eigenvalue weighted by Gasteiger charge is 2.45. The molecule has 4 heterocycles. The highest BCUT2D eigenvalue weighted by atomic mass is 16.6. The van der Waals surface area contributed by atoms with Crippen LogP contribution in [0.3, 0.4) is 0 Å². The Hall–Kier alpha value is -2.54. The Morgan fingerprint density at radius 1 is 1.24 bits per heavy atom. The van der Waals surface area contributed by atoms with E-state index in [1.54, 1.807) is 43.0 Å². The molecule has 0 aliphatic carbocycles. The van der Waals surface area contributed by atoms with E-state index in [1.165, 1.54) is 0 Å². The van der Waals surface area contributed by atoms with Gasteiger partial charge in [-0.3, -0.25) is 9.78 Å². The Morgan fingerprint density at radius 3 is 2.84 bits per heavy atom. The fourth-order valence-electron chi connectivity index (χ4n) is 3.61. The molecule has 1 amide bonds. The van der Waals surface area contributed by atoms with Gasteiger partial charge in [0, 0.05) is 43.3 Å². The molecule has 7 heteroatoms. The van der Waals surface area contributed by atoms with Crippen molar-refractivity contribution in [3.05, 3.63) is 48.5 Å². The van der Waals surface area contributed by atoms with Gasteiger partial charge in [-0.2, -0.15) is 0 Å². The number of pyridine rings is 1. The maximum Gasteiger partial charge on any atom is 0.316 e. The first-order valence-corrected chi connectivity index (χ1v) is 8.51. The van der Waals surface area contributed by atoms with Crippen LogP contribution < -0.4 is 4.74 Å². The highest BCUT2D eigenvalue weighted by molar-refractivity contribution is 5.94. The van der Waals surface area contributed by atoms with Gasteiger partial charge in [-0.05, 0) is 31.0 Å². The van der Waals surface area contributed by atoms with E-state index in [1.807, 2.05) is 4.90 Å². The molecule has 4 rings (SSSR count). The first-order chi connectivity index (χ1) is 12.2. The Bertz CT molecular complexity index is 728. The van der Waals surface area contributed by atoms with E-state index >= 15 is 0 Å². The zero-order valence-corrected chi connectivity index (χ0v) is 13.9. The van der Waals surface area contributed by atoms with E-state index < -0.39 is 0 Å². The normalized spacial score (nSPS) is 25.9. The molecular formula is C18H20N4O3. The van der Waals surface area contributed by atoms with Gasteiger partial charge in [0.15, 0.2) is 0 Å². The number of hydrogen-bond donors (Lipinski definition) is 0. The first kappa shape index (κ1) is 16.0. The minimum atomic E-state index is -0.333. The van der Waals surface area contributed by atoms with Crippen LogP contribution in [0.1, 0.15) is 29.6 Å². The lowest BCUT2D eigenvalue weighted by Crippen LogP contribution is -2.50. The van der Waals surface area contributed by atoms with E-state index in [9.17, 15) is 4.79 Å². The van der Waals surface area contributed by atoms with Crippen LogP contribution >= 0.6 is 0 Å². The average molecular weight is 340 g/mol. The van der Waals surface area contributed by atoms with Gasteiger partial charge in [-0.25, -0.2) is 9.97 Å². The van der Waals surface area contributed by atoms with Gasteiger partial charge in [0.25, 0.3) is 5.91 Å². The third kappa shape index (κ3) is 3.46. The van der Waals surface area contributed by atoms with Crippen molar-refractivity contribution in [2.24, 2.45) is 0 Å². The number of likely N-dealkylation sites (tertiary alicyclic amines) is 1. The molecule has 2 aliphatic heterocycles. The lowest BCUT2D eigenvalue weighted by Gasteiger charge is -2.39. The van der Waals surface area contributed by atoms with Crippen LogP contribution in [0.25, 0.3) is 0 Å². The van der Waals surface area contributed by atoms with Gasteiger partial charge in [0.2, 0.25) is 0 Å².